The number of hydrogen-bond acceptors (Lipinski definition) is 14. The number of nitrogens with zero attached hydrogens (tertiary/aromatic N) is 4. The third-order valence-electron chi connectivity index (χ3n) is 6.35. The molecule has 236 valence electrons. The minimum absolute atomic E-state index is 0.0885. The van der Waals surface area contributed by atoms with Gasteiger partial charge in [0.15, 0.2) is 22.8 Å². The molecular weight excluding hydrogens is 615 g/mol. The van der Waals surface area contributed by atoms with E-state index in [-0.39, 0.29) is 29.9 Å². The first-order valence-corrected chi connectivity index (χ1v) is 16.0. The number of nitrogens with two attached hydrogens (primary N) is 1. The van der Waals surface area contributed by atoms with Crippen LogP contribution in [0.15, 0.2) is 12.7 Å². The minimum Gasteiger partial charge on any atom is -0.462 e. The monoisotopic (exact) mass is 652 g/mol. The van der Waals surface area contributed by atoms with Crippen LogP contribution in [0, 0.1) is 5.41 Å². The summed E-state index contributed by atoms with van der Waals surface area (Å²) in [6.07, 6.45) is -1.13. The molecule has 0 saturated carbocycles. The maximum absolute atomic E-state index is 13.7. The maximum Gasteiger partial charge on any atom is 0.406 e. The van der Waals surface area contributed by atoms with Crippen LogP contribution in [0.4, 0.5) is 5.82 Å². The van der Waals surface area contributed by atoms with E-state index < -0.39 is 61.2 Å². The van der Waals surface area contributed by atoms with E-state index in [4.69, 9.17) is 35.9 Å². The molecule has 6 atom stereocenters. The highest BCUT2D eigenvalue weighted by atomic mass is 35.5. The molecule has 2 aromatic heterocycles. The molecule has 0 aromatic carbocycles. The van der Waals surface area contributed by atoms with Crippen molar-refractivity contribution in [2.75, 3.05) is 31.3 Å². The zero-order valence-corrected chi connectivity index (χ0v) is 26.7. The largest absolute Gasteiger partial charge is 0.462 e. The Kier molecular flexibility index (Phi) is 11.4. The summed E-state index contributed by atoms with van der Waals surface area (Å²) in [6, 6.07) is -1.09. The molecule has 2 aromatic rings. The average Bonchev–Trinajstić information content (AvgIpc) is 3.44. The van der Waals surface area contributed by atoms with Gasteiger partial charge in [-0.2, -0.15) is 0 Å². The van der Waals surface area contributed by atoms with Crippen LogP contribution in [0.2, 0.25) is 0 Å². The van der Waals surface area contributed by atoms with Crippen LogP contribution in [0.5, 0.6) is 0 Å². The molecule has 1 unspecified atom stereocenters. The minimum atomic E-state index is -4.24. The zero-order valence-electron chi connectivity index (χ0n) is 24.2. The first-order chi connectivity index (χ1) is 19.5. The third-order valence-corrected chi connectivity index (χ3v) is 9.66. The molecule has 3 rings (SSSR count). The molecule has 18 heteroatoms. The number of halogens is 1. The Hall–Kier alpha value is -1.88. The number of anilines is 1. The third kappa shape index (κ3) is 7.98. The molecule has 1 saturated heterocycles. The lowest BCUT2D eigenvalue weighted by Crippen LogP contribution is -2.40. The highest BCUT2D eigenvalue weighted by molar-refractivity contribution is 8.13. The van der Waals surface area contributed by atoms with Crippen LogP contribution in [0.1, 0.15) is 47.8 Å². The summed E-state index contributed by atoms with van der Waals surface area (Å²) in [5, 5.41) is 22.7. The Morgan fingerprint density at radius 1 is 1.31 bits per heavy atom. The quantitative estimate of drug-likeness (QED) is 0.0995. The molecule has 15 nitrogen and oxygen atoms in total. The molecule has 5 N–H and O–H groups in total. The number of fused-ring (bicyclic) bond motifs is 1. The number of hydrogen-bond donors (Lipinski definition) is 4. The van der Waals surface area contributed by atoms with Gasteiger partial charge in [0.1, 0.15) is 35.0 Å². The molecule has 0 spiro atoms. The van der Waals surface area contributed by atoms with Gasteiger partial charge in [0.05, 0.1) is 37.7 Å². The van der Waals surface area contributed by atoms with E-state index in [0.717, 1.165) is 11.8 Å². The summed E-state index contributed by atoms with van der Waals surface area (Å²) in [6.45, 7) is 8.52. The van der Waals surface area contributed by atoms with Crippen LogP contribution in [-0.4, -0.2) is 95.6 Å². The summed E-state index contributed by atoms with van der Waals surface area (Å²) in [7, 11) is -4.24. The van der Waals surface area contributed by atoms with Gasteiger partial charge in [0.25, 0.3) is 0 Å². The molecule has 0 aliphatic carbocycles. The van der Waals surface area contributed by atoms with Crippen molar-refractivity contribution in [1.29, 1.82) is 0 Å². The summed E-state index contributed by atoms with van der Waals surface area (Å²) in [5.74, 6) is -0.446. The van der Waals surface area contributed by atoms with E-state index in [9.17, 15) is 24.4 Å². The normalized spacial score (nSPS) is 25.0. The van der Waals surface area contributed by atoms with E-state index in [1.807, 2.05) is 0 Å². The maximum atomic E-state index is 13.7. The number of esters is 1. The van der Waals surface area contributed by atoms with Gasteiger partial charge in [-0.15, -0.1) is 11.6 Å². The van der Waals surface area contributed by atoms with Crippen LogP contribution in [-0.2, 0) is 32.7 Å². The van der Waals surface area contributed by atoms with E-state index in [1.54, 1.807) is 34.6 Å². The number of aromatic nitrogens is 4. The number of ether oxygens (including phenoxy) is 2. The molecule has 1 aliphatic heterocycles. The van der Waals surface area contributed by atoms with Gasteiger partial charge in [-0.3, -0.25) is 23.2 Å². The van der Waals surface area contributed by atoms with Crippen molar-refractivity contribution >= 4 is 59.2 Å². The Morgan fingerprint density at radius 2 is 2.00 bits per heavy atom. The first kappa shape index (κ1) is 34.6. The summed E-state index contributed by atoms with van der Waals surface area (Å²) >= 11 is 7.63. The van der Waals surface area contributed by atoms with Gasteiger partial charge >= 0.3 is 13.7 Å². The van der Waals surface area contributed by atoms with Gasteiger partial charge in [-0.1, -0.05) is 11.8 Å². The standard InChI is InChI=1S/C24H38ClN6O9PS/c1-13(2)39-20(34)14(3)30-41(36,37-7-8-42-22(35)23(4,5)10-32)38-9-15-17(33)24(6,25)21(40-15)31-12-29-16-18(26)27-11-28-19(16)31/h11-15,17,21,32-33H,7-10H2,1-6H3,(H,30,36)(H2,26,27,28)/t14-,15+,17+,21+,24+,41?/m0/s1. The van der Waals surface area contributed by atoms with Gasteiger partial charge in [0, 0.05) is 5.75 Å². The number of nitrogen functional groups attached to an aromatic ring is 1. The van der Waals surface area contributed by atoms with Crippen LogP contribution >= 0.6 is 31.1 Å². The van der Waals surface area contributed by atoms with Crippen LogP contribution in [0.25, 0.3) is 11.2 Å². The van der Waals surface area contributed by atoms with Gasteiger partial charge in [-0.05, 0) is 41.5 Å². The van der Waals surface area contributed by atoms with E-state index >= 15 is 0 Å². The number of carbonyl (C=O) groups excluding carboxylic acids is 2. The smallest absolute Gasteiger partial charge is 0.406 e. The Labute approximate surface area is 252 Å². The second kappa shape index (κ2) is 13.8. The fourth-order valence-corrected chi connectivity index (χ4v) is 6.56. The molecular formula is C24H38ClN6O9PS. The molecule has 42 heavy (non-hydrogen) atoms. The molecule has 0 radical (unpaired) electrons. The lowest BCUT2D eigenvalue weighted by Gasteiger charge is -2.26. The summed E-state index contributed by atoms with van der Waals surface area (Å²) in [5.41, 5.74) is 5.58. The number of carbonyl (C=O) groups is 2. The number of thioether (sulfide) groups is 1. The van der Waals surface area contributed by atoms with Gasteiger partial charge in [-0.25, -0.2) is 24.6 Å². The van der Waals surface area contributed by atoms with Gasteiger partial charge < -0.3 is 25.4 Å². The summed E-state index contributed by atoms with van der Waals surface area (Å²) < 4.78 is 37.6. The zero-order chi connectivity index (χ0) is 31.5. The van der Waals surface area contributed by atoms with Crippen molar-refractivity contribution in [1.82, 2.24) is 24.6 Å². The average molecular weight is 653 g/mol. The Morgan fingerprint density at radius 3 is 2.64 bits per heavy atom. The van der Waals surface area contributed by atoms with Crippen molar-refractivity contribution < 1.29 is 42.9 Å². The molecule has 0 amide bonds. The summed E-state index contributed by atoms with van der Waals surface area (Å²) in [4.78, 5) is 35.6. The predicted octanol–water partition coefficient (Wildman–Crippen LogP) is 2.01. The molecule has 1 aliphatic rings. The SMILES string of the molecule is CC(C)OC(=O)[C@H](C)NP(=O)(OCCSC(=O)C(C)(C)CO)OC[C@H]1O[C@@H](n2cnc3c(N)ncnc32)[C@](C)(Cl)[C@@H]1O. The van der Waals surface area contributed by atoms with Crippen molar-refractivity contribution in [3.8, 4) is 0 Å². The van der Waals surface area contributed by atoms with Crippen LogP contribution < -0.4 is 10.8 Å². The number of rotatable bonds is 14. The number of nitrogens with one attached hydrogen (secondary N) is 1. The van der Waals surface area contributed by atoms with Crippen molar-refractivity contribution in [2.45, 2.75) is 77.0 Å². The first-order valence-electron chi connectivity index (χ1n) is 13.1. The van der Waals surface area contributed by atoms with E-state index in [1.165, 1.54) is 24.1 Å². The van der Waals surface area contributed by atoms with Crippen molar-refractivity contribution in [3.63, 3.8) is 0 Å². The highest BCUT2D eigenvalue weighted by Crippen LogP contribution is 2.48. The topological polar surface area (TPSA) is 210 Å². The number of alkyl halides is 1. The number of imidazole rings is 1. The molecule has 1 fully saturated rings. The number of aliphatic hydroxyl groups excluding tert-OH is 2. The van der Waals surface area contributed by atoms with Gasteiger partial charge in [0.2, 0.25) is 0 Å². The molecule has 3 heterocycles. The molecule has 0 bridgehead atoms. The fourth-order valence-electron chi connectivity index (χ4n) is 3.85. The van der Waals surface area contributed by atoms with Crippen LogP contribution in [0.3, 0.4) is 0 Å². The second-order valence-electron chi connectivity index (χ2n) is 10.8. The van der Waals surface area contributed by atoms with E-state index in [0.29, 0.717) is 11.2 Å². The predicted molar refractivity (Wildman–Crippen MR) is 156 cm³/mol. The highest BCUT2D eigenvalue weighted by Gasteiger charge is 2.54. The Balaban J connectivity index is 1.74. The fraction of sp³-hybridized carbons (Fsp3) is 0.708. The second-order valence-corrected chi connectivity index (χ2v) is 14.5. The lowest BCUT2D eigenvalue weighted by atomic mass is 9.97. The Bertz CT molecular complexity index is 1310. The van der Waals surface area contributed by atoms with Crippen molar-refractivity contribution in [3.05, 3.63) is 12.7 Å². The lowest BCUT2D eigenvalue weighted by molar-refractivity contribution is -0.149. The number of aliphatic hydroxyl groups is 2. The van der Waals surface area contributed by atoms with Crippen molar-refractivity contribution in [2.24, 2.45) is 5.41 Å². The van der Waals surface area contributed by atoms with E-state index in [2.05, 4.69) is 20.0 Å².